The van der Waals surface area contributed by atoms with Crippen LogP contribution in [0.1, 0.15) is 55.8 Å². The number of anilines is 2. The minimum atomic E-state index is -0.0740. The molecule has 24 heavy (non-hydrogen) atoms. The average molecular weight is 325 g/mol. The maximum absolute atomic E-state index is 12.4. The molecule has 1 aromatic carbocycles. The smallest absolute Gasteiger partial charge is 0.255 e. The van der Waals surface area contributed by atoms with Crippen LogP contribution in [-0.4, -0.2) is 17.4 Å². The van der Waals surface area contributed by atoms with Crippen LogP contribution >= 0.6 is 0 Å². The molecule has 0 unspecified atom stereocenters. The van der Waals surface area contributed by atoms with Gasteiger partial charge in [-0.25, -0.2) is 4.98 Å². The van der Waals surface area contributed by atoms with Gasteiger partial charge in [-0.2, -0.15) is 0 Å². The molecule has 0 saturated carbocycles. The molecular formula is C20H27N3O. The third-order valence-corrected chi connectivity index (χ3v) is 3.90. The van der Waals surface area contributed by atoms with Crippen LogP contribution in [0.25, 0.3) is 0 Å². The standard InChI is InChI=1S/C20H27N3O/c1-2-3-4-5-6-10-15-22-20(24)18-14-11-16-21-19(18)23-17-12-8-7-9-13-17/h7-9,11-14,16H,2-6,10,15H2,1H3,(H,21,23)(H,22,24). The highest BCUT2D eigenvalue weighted by Gasteiger charge is 2.11. The number of amides is 1. The maximum Gasteiger partial charge on any atom is 0.255 e. The van der Waals surface area contributed by atoms with Crippen LogP contribution in [0.15, 0.2) is 48.7 Å². The first kappa shape index (κ1) is 18.0. The van der Waals surface area contributed by atoms with E-state index in [9.17, 15) is 4.79 Å². The van der Waals surface area contributed by atoms with Gasteiger partial charge in [0.15, 0.2) is 0 Å². The molecule has 0 saturated heterocycles. The number of rotatable bonds is 10. The summed E-state index contributed by atoms with van der Waals surface area (Å²) < 4.78 is 0. The van der Waals surface area contributed by atoms with Crippen molar-refractivity contribution in [3.63, 3.8) is 0 Å². The fraction of sp³-hybridized carbons (Fsp3) is 0.400. The number of hydrogen-bond donors (Lipinski definition) is 2. The summed E-state index contributed by atoms with van der Waals surface area (Å²) >= 11 is 0. The molecule has 0 aliphatic carbocycles. The molecule has 1 heterocycles. The molecule has 0 atom stereocenters. The van der Waals surface area contributed by atoms with Crippen LogP contribution in [0.3, 0.4) is 0 Å². The summed E-state index contributed by atoms with van der Waals surface area (Å²) in [5.41, 5.74) is 1.49. The number of benzene rings is 1. The predicted molar refractivity (Wildman–Crippen MR) is 99.7 cm³/mol. The number of nitrogens with one attached hydrogen (secondary N) is 2. The second-order valence-corrected chi connectivity index (χ2v) is 5.91. The second-order valence-electron chi connectivity index (χ2n) is 5.91. The van der Waals surface area contributed by atoms with Gasteiger partial charge in [-0.15, -0.1) is 0 Å². The van der Waals surface area contributed by atoms with Crippen LogP contribution < -0.4 is 10.6 Å². The Morgan fingerprint density at radius 2 is 1.71 bits per heavy atom. The summed E-state index contributed by atoms with van der Waals surface area (Å²) in [7, 11) is 0. The van der Waals surface area contributed by atoms with Gasteiger partial charge < -0.3 is 10.6 Å². The van der Waals surface area contributed by atoms with E-state index in [-0.39, 0.29) is 5.91 Å². The molecular weight excluding hydrogens is 298 g/mol. The van der Waals surface area contributed by atoms with E-state index < -0.39 is 0 Å². The number of nitrogens with zero attached hydrogens (tertiary/aromatic N) is 1. The number of unbranched alkanes of at least 4 members (excludes halogenated alkanes) is 5. The van der Waals surface area contributed by atoms with Crippen molar-refractivity contribution in [1.82, 2.24) is 10.3 Å². The highest BCUT2D eigenvalue weighted by molar-refractivity contribution is 5.99. The second kappa shape index (κ2) is 10.4. The molecule has 1 aromatic heterocycles. The predicted octanol–water partition coefficient (Wildman–Crippen LogP) is 4.92. The van der Waals surface area contributed by atoms with Crippen LogP contribution in [0.2, 0.25) is 0 Å². The van der Waals surface area contributed by atoms with Crippen molar-refractivity contribution in [2.24, 2.45) is 0 Å². The number of aromatic nitrogens is 1. The quantitative estimate of drug-likeness (QED) is 0.610. The number of para-hydroxylation sites is 1. The molecule has 2 N–H and O–H groups in total. The molecule has 0 bridgehead atoms. The zero-order valence-electron chi connectivity index (χ0n) is 14.4. The van der Waals surface area contributed by atoms with Gasteiger partial charge in [-0.05, 0) is 30.7 Å². The number of hydrogen-bond acceptors (Lipinski definition) is 3. The van der Waals surface area contributed by atoms with Gasteiger partial charge in [0.25, 0.3) is 5.91 Å². The van der Waals surface area contributed by atoms with Gasteiger partial charge in [0.1, 0.15) is 5.82 Å². The van der Waals surface area contributed by atoms with E-state index in [1.54, 1.807) is 18.3 Å². The largest absolute Gasteiger partial charge is 0.352 e. The lowest BCUT2D eigenvalue weighted by Crippen LogP contribution is -2.25. The lowest BCUT2D eigenvalue weighted by molar-refractivity contribution is 0.0953. The van der Waals surface area contributed by atoms with E-state index in [1.807, 2.05) is 30.3 Å². The summed E-state index contributed by atoms with van der Waals surface area (Å²) in [5.74, 6) is 0.513. The monoisotopic (exact) mass is 325 g/mol. The third kappa shape index (κ3) is 6.03. The Bertz CT molecular complexity index is 613. The van der Waals surface area contributed by atoms with Gasteiger partial charge in [-0.3, -0.25) is 4.79 Å². The maximum atomic E-state index is 12.4. The van der Waals surface area contributed by atoms with Gasteiger partial charge in [0.2, 0.25) is 0 Å². The van der Waals surface area contributed by atoms with Crippen LogP contribution in [0.5, 0.6) is 0 Å². The van der Waals surface area contributed by atoms with E-state index in [0.29, 0.717) is 17.9 Å². The SMILES string of the molecule is CCCCCCCCNC(=O)c1cccnc1Nc1ccccc1. The first-order chi connectivity index (χ1) is 11.8. The third-order valence-electron chi connectivity index (χ3n) is 3.90. The van der Waals surface area contributed by atoms with Gasteiger partial charge in [0.05, 0.1) is 5.56 Å². The Kier molecular flexibility index (Phi) is 7.81. The number of pyridine rings is 1. The van der Waals surface area contributed by atoms with Crippen LogP contribution in [0.4, 0.5) is 11.5 Å². The van der Waals surface area contributed by atoms with Crippen molar-refractivity contribution >= 4 is 17.4 Å². The van der Waals surface area contributed by atoms with E-state index in [2.05, 4.69) is 22.5 Å². The molecule has 0 fully saturated rings. The first-order valence-electron chi connectivity index (χ1n) is 8.86. The Morgan fingerprint density at radius 3 is 2.50 bits per heavy atom. The molecule has 1 amide bonds. The van der Waals surface area contributed by atoms with E-state index >= 15 is 0 Å². The Morgan fingerprint density at radius 1 is 0.958 bits per heavy atom. The molecule has 2 rings (SSSR count). The van der Waals surface area contributed by atoms with Crippen molar-refractivity contribution in [3.05, 3.63) is 54.2 Å². The van der Waals surface area contributed by atoms with E-state index in [0.717, 1.165) is 12.1 Å². The lowest BCUT2D eigenvalue weighted by Gasteiger charge is -2.11. The zero-order valence-corrected chi connectivity index (χ0v) is 14.4. The Hall–Kier alpha value is -2.36. The number of carbonyl (C=O) groups is 1. The highest BCUT2D eigenvalue weighted by Crippen LogP contribution is 2.18. The molecule has 0 aliphatic heterocycles. The topological polar surface area (TPSA) is 54.0 Å². The fourth-order valence-corrected chi connectivity index (χ4v) is 2.55. The van der Waals surface area contributed by atoms with Crippen molar-refractivity contribution in [2.75, 3.05) is 11.9 Å². The van der Waals surface area contributed by atoms with Crippen LogP contribution in [0, 0.1) is 0 Å². The molecule has 128 valence electrons. The minimum absolute atomic E-state index is 0.0740. The summed E-state index contributed by atoms with van der Waals surface area (Å²) in [6, 6.07) is 13.3. The Labute approximate surface area is 144 Å². The number of carbonyl (C=O) groups excluding carboxylic acids is 1. The normalized spacial score (nSPS) is 10.4. The molecule has 0 spiro atoms. The highest BCUT2D eigenvalue weighted by atomic mass is 16.1. The summed E-state index contributed by atoms with van der Waals surface area (Å²) in [6.07, 6.45) is 8.98. The fourth-order valence-electron chi connectivity index (χ4n) is 2.55. The van der Waals surface area contributed by atoms with Gasteiger partial charge >= 0.3 is 0 Å². The molecule has 4 nitrogen and oxygen atoms in total. The molecule has 4 heteroatoms. The van der Waals surface area contributed by atoms with Crippen LogP contribution in [-0.2, 0) is 0 Å². The average Bonchev–Trinajstić information content (AvgIpc) is 2.62. The first-order valence-corrected chi connectivity index (χ1v) is 8.86. The van der Waals surface area contributed by atoms with Crippen molar-refractivity contribution in [2.45, 2.75) is 45.4 Å². The van der Waals surface area contributed by atoms with Crippen molar-refractivity contribution in [3.8, 4) is 0 Å². The summed E-state index contributed by atoms with van der Waals surface area (Å²) in [6.45, 7) is 2.93. The zero-order chi connectivity index (χ0) is 17.0. The molecule has 2 aromatic rings. The van der Waals surface area contributed by atoms with Crippen molar-refractivity contribution in [1.29, 1.82) is 0 Å². The van der Waals surface area contributed by atoms with E-state index in [1.165, 1.54) is 32.1 Å². The van der Waals surface area contributed by atoms with E-state index in [4.69, 9.17) is 0 Å². The molecule has 0 radical (unpaired) electrons. The van der Waals surface area contributed by atoms with Gasteiger partial charge in [0, 0.05) is 18.4 Å². The minimum Gasteiger partial charge on any atom is -0.352 e. The summed E-state index contributed by atoms with van der Waals surface area (Å²) in [4.78, 5) is 16.7. The summed E-state index contributed by atoms with van der Waals surface area (Å²) in [5, 5.41) is 6.20. The molecule has 0 aliphatic rings. The van der Waals surface area contributed by atoms with Crippen molar-refractivity contribution < 1.29 is 4.79 Å². The Balaban J connectivity index is 1.83. The lowest BCUT2D eigenvalue weighted by atomic mass is 10.1. The van der Waals surface area contributed by atoms with Gasteiger partial charge in [-0.1, -0.05) is 57.2 Å².